The second-order valence-electron chi connectivity index (χ2n) is 3.40. The van der Waals surface area contributed by atoms with Crippen molar-refractivity contribution in [1.82, 2.24) is 4.90 Å². The molecule has 2 aliphatic rings. The van der Waals surface area contributed by atoms with Gasteiger partial charge in [-0.05, 0) is 13.3 Å². The molecule has 0 radical (unpaired) electrons. The van der Waals surface area contributed by atoms with Gasteiger partial charge in [-0.15, -0.1) is 0 Å². The molecule has 0 spiro atoms. The lowest BCUT2D eigenvalue weighted by molar-refractivity contribution is 0.137. The van der Waals surface area contributed by atoms with Crippen molar-refractivity contribution in [2.75, 3.05) is 13.1 Å². The quantitative estimate of drug-likeness (QED) is 0.522. The van der Waals surface area contributed by atoms with E-state index < -0.39 is 6.09 Å². The molecule has 0 aromatic heterocycles. The van der Waals surface area contributed by atoms with Crippen molar-refractivity contribution >= 4 is 6.09 Å². The molecule has 0 aliphatic carbocycles. The van der Waals surface area contributed by atoms with Crippen LogP contribution in [0.3, 0.4) is 0 Å². The van der Waals surface area contributed by atoms with Crippen LogP contribution < -0.4 is 0 Å². The van der Waals surface area contributed by atoms with Crippen LogP contribution in [0, 0.1) is 0 Å². The van der Waals surface area contributed by atoms with Gasteiger partial charge in [-0.1, -0.05) is 0 Å². The van der Waals surface area contributed by atoms with Gasteiger partial charge in [0.15, 0.2) is 0 Å². The summed E-state index contributed by atoms with van der Waals surface area (Å²) in [5, 5.41) is 8.63. The number of hydrogen-bond acceptors (Lipinski definition) is 2. The first-order chi connectivity index (χ1) is 5.12. The maximum absolute atomic E-state index is 10.5. The Kier molecular flexibility index (Phi) is 1.18. The molecule has 2 heterocycles. The molecule has 0 aromatic rings. The Balaban J connectivity index is 1.98. The zero-order valence-electron chi connectivity index (χ0n) is 6.41. The van der Waals surface area contributed by atoms with E-state index in [2.05, 4.69) is 0 Å². The topological polar surface area (TPSA) is 53.1 Å². The lowest BCUT2D eigenvalue weighted by Gasteiger charge is -2.23. The van der Waals surface area contributed by atoms with Gasteiger partial charge in [0.05, 0.1) is 12.1 Å². The molecule has 2 unspecified atom stereocenters. The molecule has 4 nitrogen and oxygen atoms in total. The summed E-state index contributed by atoms with van der Waals surface area (Å²) < 4.78 is 5.34. The SMILES string of the molecule is CC12CCN(C(=O)O)CC1O2. The van der Waals surface area contributed by atoms with Crippen LogP contribution in [-0.2, 0) is 4.74 Å². The maximum atomic E-state index is 10.5. The van der Waals surface area contributed by atoms with Crippen molar-refractivity contribution in [3.8, 4) is 0 Å². The van der Waals surface area contributed by atoms with E-state index in [0.717, 1.165) is 6.42 Å². The van der Waals surface area contributed by atoms with Gasteiger partial charge in [-0.3, -0.25) is 0 Å². The molecule has 4 heteroatoms. The highest BCUT2D eigenvalue weighted by Crippen LogP contribution is 2.42. The van der Waals surface area contributed by atoms with Crippen molar-refractivity contribution in [2.45, 2.75) is 25.0 Å². The Morgan fingerprint density at radius 2 is 2.55 bits per heavy atom. The number of amides is 1. The zero-order valence-corrected chi connectivity index (χ0v) is 6.41. The third-order valence-corrected chi connectivity index (χ3v) is 2.57. The zero-order chi connectivity index (χ0) is 8.06. The summed E-state index contributed by atoms with van der Waals surface area (Å²) in [5.41, 5.74) is 0.00590. The summed E-state index contributed by atoms with van der Waals surface area (Å²) in [7, 11) is 0. The highest BCUT2D eigenvalue weighted by atomic mass is 16.6. The van der Waals surface area contributed by atoms with Crippen LogP contribution in [0.25, 0.3) is 0 Å². The molecule has 62 valence electrons. The number of hydrogen-bond donors (Lipinski definition) is 1. The molecule has 2 fully saturated rings. The largest absolute Gasteiger partial charge is 0.465 e. The molecule has 0 bridgehead atoms. The molecule has 1 amide bonds. The number of nitrogens with zero attached hydrogens (tertiary/aromatic N) is 1. The van der Waals surface area contributed by atoms with Gasteiger partial charge in [-0.2, -0.15) is 0 Å². The monoisotopic (exact) mass is 157 g/mol. The van der Waals surface area contributed by atoms with Crippen molar-refractivity contribution in [3.63, 3.8) is 0 Å². The van der Waals surface area contributed by atoms with Gasteiger partial charge >= 0.3 is 6.09 Å². The number of likely N-dealkylation sites (tertiary alicyclic amines) is 1. The van der Waals surface area contributed by atoms with Crippen LogP contribution >= 0.6 is 0 Å². The molecule has 0 aromatic carbocycles. The van der Waals surface area contributed by atoms with Gasteiger partial charge in [0.2, 0.25) is 0 Å². The first-order valence-electron chi connectivity index (χ1n) is 3.77. The summed E-state index contributed by atoms with van der Waals surface area (Å²) in [6.07, 6.45) is 0.166. The predicted molar refractivity (Wildman–Crippen MR) is 37.5 cm³/mol. The predicted octanol–water partition coefficient (Wildman–Crippen LogP) is 0.528. The van der Waals surface area contributed by atoms with E-state index in [1.165, 1.54) is 4.90 Å². The minimum absolute atomic E-state index is 0.00590. The van der Waals surface area contributed by atoms with Gasteiger partial charge in [0.25, 0.3) is 0 Å². The molecular formula is C7H11NO3. The van der Waals surface area contributed by atoms with Crippen LogP contribution in [0.15, 0.2) is 0 Å². The second-order valence-corrected chi connectivity index (χ2v) is 3.40. The molecule has 11 heavy (non-hydrogen) atoms. The molecule has 1 N–H and O–H groups in total. The van der Waals surface area contributed by atoms with E-state index in [-0.39, 0.29) is 11.7 Å². The Labute approximate surface area is 64.7 Å². The molecule has 2 aliphatic heterocycles. The minimum Gasteiger partial charge on any atom is -0.465 e. The number of carboxylic acid groups (broad SMARTS) is 1. The fourth-order valence-corrected chi connectivity index (χ4v) is 1.56. The average Bonchev–Trinajstić information content (AvgIpc) is 2.58. The third kappa shape index (κ3) is 0.976. The van der Waals surface area contributed by atoms with Crippen LogP contribution in [-0.4, -0.2) is 40.9 Å². The highest BCUT2D eigenvalue weighted by Gasteiger charge is 2.55. The number of rotatable bonds is 0. The van der Waals surface area contributed by atoms with E-state index in [1.54, 1.807) is 0 Å². The second kappa shape index (κ2) is 1.88. The Morgan fingerprint density at radius 3 is 3.09 bits per heavy atom. The average molecular weight is 157 g/mol. The summed E-state index contributed by atoms with van der Waals surface area (Å²) in [6, 6.07) is 0. The summed E-state index contributed by atoms with van der Waals surface area (Å²) in [6.45, 7) is 3.20. The van der Waals surface area contributed by atoms with E-state index in [1.807, 2.05) is 6.92 Å². The van der Waals surface area contributed by atoms with Crippen molar-refractivity contribution < 1.29 is 14.6 Å². The van der Waals surface area contributed by atoms with Crippen LogP contribution in [0.4, 0.5) is 4.79 Å². The molecule has 0 saturated carbocycles. The van der Waals surface area contributed by atoms with Gasteiger partial charge < -0.3 is 14.7 Å². The normalized spacial score (nSPS) is 41.5. The molecular weight excluding hydrogens is 146 g/mol. The minimum atomic E-state index is -0.831. The van der Waals surface area contributed by atoms with Gasteiger partial charge in [0.1, 0.15) is 6.10 Å². The number of fused-ring (bicyclic) bond motifs is 1. The van der Waals surface area contributed by atoms with Crippen molar-refractivity contribution in [1.29, 1.82) is 0 Å². The Hall–Kier alpha value is -0.770. The molecule has 2 saturated heterocycles. The van der Waals surface area contributed by atoms with E-state index >= 15 is 0 Å². The lowest BCUT2D eigenvalue weighted by Crippen LogP contribution is -2.41. The summed E-state index contributed by atoms with van der Waals surface area (Å²) in [4.78, 5) is 11.9. The Bertz CT molecular complexity index is 206. The first-order valence-corrected chi connectivity index (χ1v) is 3.77. The summed E-state index contributed by atoms with van der Waals surface area (Å²) >= 11 is 0. The van der Waals surface area contributed by atoms with Gasteiger partial charge in [0, 0.05) is 6.54 Å². The Morgan fingerprint density at radius 1 is 1.82 bits per heavy atom. The fourth-order valence-electron chi connectivity index (χ4n) is 1.56. The number of carbonyl (C=O) groups is 1. The van der Waals surface area contributed by atoms with E-state index in [0.29, 0.717) is 13.1 Å². The first kappa shape index (κ1) is 6.91. The molecule has 2 atom stereocenters. The van der Waals surface area contributed by atoms with Gasteiger partial charge in [-0.25, -0.2) is 4.79 Å². The van der Waals surface area contributed by atoms with E-state index in [9.17, 15) is 4.79 Å². The lowest BCUT2D eigenvalue weighted by atomic mass is 9.99. The van der Waals surface area contributed by atoms with Crippen molar-refractivity contribution in [3.05, 3.63) is 0 Å². The number of piperidine rings is 1. The van der Waals surface area contributed by atoms with Crippen LogP contribution in [0.1, 0.15) is 13.3 Å². The number of epoxide rings is 1. The third-order valence-electron chi connectivity index (χ3n) is 2.57. The maximum Gasteiger partial charge on any atom is 0.407 e. The van der Waals surface area contributed by atoms with Crippen molar-refractivity contribution in [2.24, 2.45) is 0 Å². The van der Waals surface area contributed by atoms with E-state index in [4.69, 9.17) is 9.84 Å². The van der Waals surface area contributed by atoms with Crippen LogP contribution in [0.5, 0.6) is 0 Å². The molecule has 2 rings (SSSR count). The highest BCUT2D eigenvalue weighted by molar-refractivity contribution is 5.65. The van der Waals surface area contributed by atoms with Crippen LogP contribution in [0.2, 0.25) is 0 Å². The summed E-state index contributed by atoms with van der Waals surface area (Å²) in [5.74, 6) is 0. The smallest absolute Gasteiger partial charge is 0.407 e. The number of ether oxygens (including phenoxy) is 1. The fraction of sp³-hybridized carbons (Fsp3) is 0.857. The standard InChI is InChI=1S/C7H11NO3/c1-7-2-3-8(6(9)10)4-5(7)11-7/h5H,2-4H2,1H3,(H,9,10).